The van der Waals surface area contributed by atoms with E-state index in [0.29, 0.717) is 11.5 Å². The third kappa shape index (κ3) is 3.82. The average Bonchev–Trinajstić information content (AvgIpc) is 3.18. The van der Waals surface area contributed by atoms with Gasteiger partial charge in [-0.3, -0.25) is 4.79 Å². The van der Waals surface area contributed by atoms with Gasteiger partial charge in [0.1, 0.15) is 0 Å². The molecule has 1 aliphatic carbocycles. The zero-order valence-electron chi connectivity index (χ0n) is 13.3. The number of hydrogen-bond donors (Lipinski definition) is 3. The highest BCUT2D eigenvalue weighted by Crippen LogP contribution is 2.42. The Morgan fingerprint density at radius 3 is 2.83 bits per heavy atom. The van der Waals surface area contributed by atoms with Crippen LogP contribution >= 0.6 is 11.3 Å². The summed E-state index contributed by atoms with van der Waals surface area (Å²) in [5, 5.41) is 7.89. The number of carbonyl (C=O) groups excluding carboxylic acids is 1. The van der Waals surface area contributed by atoms with Crippen molar-refractivity contribution < 1.29 is 4.79 Å². The van der Waals surface area contributed by atoms with Gasteiger partial charge in [-0.05, 0) is 55.7 Å². The molecule has 0 radical (unpaired) electrons. The summed E-state index contributed by atoms with van der Waals surface area (Å²) in [5.41, 5.74) is 2.18. The first-order chi connectivity index (χ1) is 11.0. The van der Waals surface area contributed by atoms with Gasteiger partial charge >= 0.3 is 6.03 Å². The topological polar surface area (TPSA) is 74.0 Å². The highest BCUT2D eigenvalue weighted by molar-refractivity contribution is 7.10. The summed E-state index contributed by atoms with van der Waals surface area (Å²) in [6.07, 6.45) is 2.30. The summed E-state index contributed by atoms with van der Waals surface area (Å²) < 4.78 is 0. The summed E-state index contributed by atoms with van der Waals surface area (Å²) in [4.78, 5) is 28.1. The van der Waals surface area contributed by atoms with E-state index in [2.05, 4.69) is 21.7 Å². The maximum absolute atomic E-state index is 12.2. The van der Waals surface area contributed by atoms with Crippen molar-refractivity contribution in [3.05, 3.63) is 55.6 Å². The van der Waals surface area contributed by atoms with E-state index in [1.807, 2.05) is 31.4 Å². The Morgan fingerprint density at radius 1 is 1.43 bits per heavy atom. The molecule has 3 N–H and O–H groups in total. The minimum absolute atomic E-state index is 0.0763. The molecule has 0 aliphatic heterocycles. The SMILES string of the molecule is Cc1cc(C)c(CNC(=O)NC(c2cccs2)C2CC2)c(=O)[nH]1. The predicted octanol–water partition coefficient (Wildman–Crippen LogP) is 3.00. The van der Waals surface area contributed by atoms with E-state index >= 15 is 0 Å². The van der Waals surface area contributed by atoms with Crippen molar-refractivity contribution in [2.45, 2.75) is 39.3 Å². The van der Waals surface area contributed by atoms with E-state index < -0.39 is 0 Å². The Balaban J connectivity index is 1.62. The third-order valence-corrected chi connectivity index (χ3v) is 5.10. The fourth-order valence-electron chi connectivity index (χ4n) is 2.78. The molecule has 3 rings (SSSR count). The number of nitrogens with one attached hydrogen (secondary N) is 3. The minimum atomic E-state index is -0.227. The number of pyridine rings is 1. The number of aromatic amines is 1. The van der Waals surface area contributed by atoms with Crippen molar-refractivity contribution in [2.24, 2.45) is 5.92 Å². The number of amides is 2. The van der Waals surface area contributed by atoms with E-state index in [9.17, 15) is 9.59 Å². The van der Waals surface area contributed by atoms with Crippen molar-refractivity contribution in [2.75, 3.05) is 0 Å². The van der Waals surface area contributed by atoms with Crippen molar-refractivity contribution >= 4 is 17.4 Å². The lowest BCUT2D eigenvalue weighted by molar-refractivity contribution is 0.235. The second kappa shape index (κ2) is 6.58. The van der Waals surface area contributed by atoms with E-state index in [1.54, 1.807) is 11.3 Å². The van der Waals surface area contributed by atoms with Crippen molar-refractivity contribution in [1.29, 1.82) is 0 Å². The normalized spacial score (nSPS) is 15.2. The smallest absolute Gasteiger partial charge is 0.315 e. The molecular formula is C17H21N3O2S. The largest absolute Gasteiger partial charge is 0.334 e. The lowest BCUT2D eigenvalue weighted by Gasteiger charge is -2.17. The van der Waals surface area contributed by atoms with Crippen LogP contribution in [0, 0.1) is 19.8 Å². The second-order valence-electron chi connectivity index (χ2n) is 6.10. The molecule has 1 fully saturated rings. The first kappa shape index (κ1) is 15.8. The Bertz CT molecular complexity index is 748. The maximum atomic E-state index is 12.2. The fourth-order valence-corrected chi connectivity index (χ4v) is 3.65. The molecule has 1 atom stereocenters. The fraction of sp³-hybridized carbons (Fsp3) is 0.412. The van der Waals surface area contributed by atoms with E-state index in [4.69, 9.17) is 0 Å². The van der Waals surface area contributed by atoms with Crippen molar-refractivity contribution in [1.82, 2.24) is 15.6 Å². The second-order valence-corrected chi connectivity index (χ2v) is 7.08. The number of H-pyrrole nitrogens is 1. The predicted molar refractivity (Wildman–Crippen MR) is 91.7 cm³/mol. The van der Waals surface area contributed by atoms with Crippen LogP contribution in [0.4, 0.5) is 4.79 Å². The highest BCUT2D eigenvalue weighted by Gasteiger charge is 2.34. The molecule has 0 spiro atoms. The lowest BCUT2D eigenvalue weighted by atomic mass is 10.1. The summed E-state index contributed by atoms with van der Waals surface area (Å²) >= 11 is 1.66. The van der Waals surface area contributed by atoms with Crippen LogP contribution in [0.15, 0.2) is 28.4 Å². The number of hydrogen-bond acceptors (Lipinski definition) is 3. The Labute approximate surface area is 139 Å². The molecular weight excluding hydrogens is 310 g/mol. The number of aryl methyl sites for hydroxylation is 2. The standard InChI is InChI=1S/C17H21N3O2S/c1-10-8-11(2)19-16(21)13(10)9-18-17(22)20-15(12-5-6-12)14-4-3-7-23-14/h3-4,7-8,12,15H,5-6,9H2,1-2H3,(H,19,21)(H2,18,20,22). The number of carbonyl (C=O) groups is 1. The molecule has 122 valence electrons. The Kier molecular flexibility index (Phi) is 4.52. The molecule has 2 heterocycles. The molecule has 2 aromatic rings. The van der Waals surface area contributed by atoms with Crippen LogP contribution in [0.3, 0.4) is 0 Å². The van der Waals surface area contributed by atoms with Gasteiger partial charge in [-0.25, -0.2) is 4.79 Å². The summed E-state index contributed by atoms with van der Waals surface area (Å²) in [6, 6.07) is 5.82. The van der Waals surface area contributed by atoms with Gasteiger partial charge in [0.05, 0.1) is 12.6 Å². The van der Waals surface area contributed by atoms with Gasteiger partial charge in [-0.2, -0.15) is 0 Å². The first-order valence-electron chi connectivity index (χ1n) is 7.82. The molecule has 0 bridgehead atoms. The van der Waals surface area contributed by atoms with Gasteiger partial charge in [0.15, 0.2) is 0 Å². The summed E-state index contributed by atoms with van der Waals surface area (Å²) in [6.45, 7) is 3.96. The van der Waals surface area contributed by atoms with Gasteiger partial charge in [-0.1, -0.05) is 6.07 Å². The number of thiophene rings is 1. The molecule has 0 aromatic carbocycles. The quantitative estimate of drug-likeness (QED) is 0.788. The summed E-state index contributed by atoms with van der Waals surface area (Å²) in [7, 11) is 0. The number of urea groups is 1. The number of aromatic nitrogens is 1. The average molecular weight is 331 g/mol. The summed E-state index contributed by atoms with van der Waals surface area (Å²) in [5.74, 6) is 0.531. The van der Waals surface area contributed by atoms with Crippen LogP contribution in [0.1, 0.15) is 40.6 Å². The van der Waals surface area contributed by atoms with Crippen LogP contribution < -0.4 is 16.2 Å². The molecule has 23 heavy (non-hydrogen) atoms. The third-order valence-electron chi connectivity index (χ3n) is 4.15. The highest BCUT2D eigenvalue weighted by atomic mass is 32.1. The molecule has 2 aromatic heterocycles. The zero-order valence-corrected chi connectivity index (χ0v) is 14.1. The molecule has 1 aliphatic rings. The molecule has 0 saturated heterocycles. The van der Waals surface area contributed by atoms with Crippen LogP contribution in [-0.2, 0) is 6.54 Å². The zero-order chi connectivity index (χ0) is 16.4. The van der Waals surface area contributed by atoms with Crippen LogP contribution in [-0.4, -0.2) is 11.0 Å². The van der Waals surface area contributed by atoms with Gasteiger partial charge in [-0.15, -0.1) is 11.3 Å². The lowest BCUT2D eigenvalue weighted by Crippen LogP contribution is -2.39. The van der Waals surface area contributed by atoms with Crippen molar-refractivity contribution in [3.8, 4) is 0 Å². The molecule has 5 nitrogen and oxygen atoms in total. The van der Waals surface area contributed by atoms with E-state index in [1.165, 1.54) is 4.88 Å². The van der Waals surface area contributed by atoms with Crippen molar-refractivity contribution in [3.63, 3.8) is 0 Å². The molecule has 6 heteroatoms. The van der Waals surface area contributed by atoms with Gasteiger partial charge in [0.25, 0.3) is 5.56 Å². The van der Waals surface area contributed by atoms with Gasteiger partial charge in [0, 0.05) is 16.1 Å². The maximum Gasteiger partial charge on any atom is 0.315 e. The van der Waals surface area contributed by atoms with Crippen LogP contribution in [0.25, 0.3) is 0 Å². The molecule has 2 amide bonds. The van der Waals surface area contributed by atoms with Crippen LogP contribution in [0.2, 0.25) is 0 Å². The minimum Gasteiger partial charge on any atom is -0.334 e. The monoisotopic (exact) mass is 331 g/mol. The van der Waals surface area contributed by atoms with E-state index in [0.717, 1.165) is 24.1 Å². The first-order valence-corrected chi connectivity index (χ1v) is 8.69. The van der Waals surface area contributed by atoms with Gasteiger partial charge in [0.2, 0.25) is 0 Å². The van der Waals surface area contributed by atoms with E-state index in [-0.39, 0.29) is 24.2 Å². The molecule has 1 saturated carbocycles. The van der Waals surface area contributed by atoms with Crippen LogP contribution in [0.5, 0.6) is 0 Å². The number of rotatable bonds is 5. The Hall–Kier alpha value is -2.08. The Morgan fingerprint density at radius 2 is 2.22 bits per heavy atom. The van der Waals surface area contributed by atoms with Gasteiger partial charge < -0.3 is 15.6 Å². The molecule has 1 unspecified atom stereocenters.